The van der Waals surface area contributed by atoms with Gasteiger partial charge in [0.2, 0.25) is 0 Å². The number of non-ortho nitro benzene ring substituents is 1. The van der Waals surface area contributed by atoms with E-state index in [-0.39, 0.29) is 21.6 Å². The fourth-order valence-corrected chi connectivity index (χ4v) is 2.73. The second kappa shape index (κ2) is 2.83. The fraction of sp³-hybridized carbons (Fsp3) is 0.500. The molecule has 4 heteroatoms. The molecular formula is C12H14N2O2. The zero-order valence-corrected chi connectivity index (χ0v) is 8.98. The minimum atomic E-state index is -0.338. The molecular weight excluding hydrogens is 204 g/mol. The molecule has 2 N–H and O–H groups in total. The fourth-order valence-electron chi connectivity index (χ4n) is 2.73. The Kier molecular flexibility index (Phi) is 1.73. The first kappa shape index (κ1) is 9.78. The molecule has 0 saturated heterocycles. The number of hydrogen-bond donors (Lipinski definition) is 1. The van der Waals surface area contributed by atoms with Crippen LogP contribution in [0.3, 0.4) is 0 Å². The van der Waals surface area contributed by atoms with E-state index in [2.05, 4.69) is 0 Å². The SMILES string of the molecule is NC1(C2(c3cccc([N+](=O)[O-])c3)CC2)CC1. The summed E-state index contributed by atoms with van der Waals surface area (Å²) in [5.74, 6) is 0. The van der Waals surface area contributed by atoms with Crippen molar-refractivity contribution in [1.29, 1.82) is 0 Å². The standard InChI is InChI=1S/C12H14N2O2/c13-12(6-7-12)11(4-5-11)9-2-1-3-10(8-9)14(15)16/h1-3,8H,4-7,13H2. The monoisotopic (exact) mass is 218 g/mol. The molecule has 0 atom stereocenters. The van der Waals surface area contributed by atoms with Crippen LogP contribution >= 0.6 is 0 Å². The quantitative estimate of drug-likeness (QED) is 0.624. The molecule has 0 aliphatic heterocycles. The highest BCUT2D eigenvalue weighted by Crippen LogP contribution is 2.63. The first-order chi connectivity index (χ1) is 7.57. The van der Waals surface area contributed by atoms with Gasteiger partial charge in [0.15, 0.2) is 0 Å². The molecule has 4 nitrogen and oxygen atoms in total. The van der Waals surface area contributed by atoms with Gasteiger partial charge in [-0.3, -0.25) is 10.1 Å². The van der Waals surface area contributed by atoms with E-state index in [1.54, 1.807) is 12.1 Å². The summed E-state index contributed by atoms with van der Waals surface area (Å²) in [7, 11) is 0. The van der Waals surface area contributed by atoms with E-state index in [1.165, 1.54) is 6.07 Å². The first-order valence-electron chi connectivity index (χ1n) is 5.61. The average Bonchev–Trinajstić information content (AvgIpc) is 3.13. The molecule has 0 spiro atoms. The normalized spacial score (nSPS) is 23.8. The molecule has 1 aromatic carbocycles. The Hall–Kier alpha value is -1.42. The Bertz CT molecular complexity index is 462. The molecule has 84 valence electrons. The molecule has 16 heavy (non-hydrogen) atoms. The maximum atomic E-state index is 10.7. The van der Waals surface area contributed by atoms with Crippen LogP contribution in [0.1, 0.15) is 31.2 Å². The lowest BCUT2D eigenvalue weighted by Gasteiger charge is -2.23. The lowest BCUT2D eigenvalue weighted by Crippen LogP contribution is -2.37. The van der Waals surface area contributed by atoms with Gasteiger partial charge in [0, 0.05) is 23.1 Å². The number of hydrogen-bond acceptors (Lipinski definition) is 3. The van der Waals surface area contributed by atoms with Gasteiger partial charge in [-0.15, -0.1) is 0 Å². The van der Waals surface area contributed by atoms with Crippen LogP contribution in [0.15, 0.2) is 24.3 Å². The van der Waals surface area contributed by atoms with Crippen molar-refractivity contribution in [3.8, 4) is 0 Å². The third-order valence-corrected chi connectivity index (χ3v) is 4.10. The number of benzene rings is 1. The van der Waals surface area contributed by atoms with Crippen molar-refractivity contribution in [3.63, 3.8) is 0 Å². The predicted octanol–water partition coefficient (Wildman–Crippen LogP) is 2.12. The Morgan fingerprint density at radius 3 is 2.44 bits per heavy atom. The minimum Gasteiger partial charge on any atom is -0.324 e. The topological polar surface area (TPSA) is 69.2 Å². The van der Waals surface area contributed by atoms with Crippen molar-refractivity contribution in [1.82, 2.24) is 0 Å². The second-order valence-corrected chi connectivity index (χ2v) is 5.05. The van der Waals surface area contributed by atoms with E-state index in [9.17, 15) is 10.1 Å². The second-order valence-electron chi connectivity index (χ2n) is 5.05. The smallest absolute Gasteiger partial charge is 0.269 e. The summed E-state index contributed by atoms with van der Waals surface area (Å²) >= 11 is 0. The third kappa shape index (κ3) is 1.19. The predicted molar refractivity (Wildman–Crippen MR) is 60.2 cm³/mol. The largest absolute Gasteiger partial charge is 0.324 e. The van der Waals surface area contributed by atoms with Crippen molar-refractivity contribution in [2.45, 2.75) is 36.6 Å². The van der Waals surface area contributed by atoms with E-state index in [4.69, 9.17) is 5.73 Å². The van der Waals surface area contributed by atoms with Crippen molar-refractivity contribution >= 4 is 5.69 Å². The molecule has 2 saturated carbocycles. The van der Waals surface area contributed by atoms with Gasteiger partial charge >= 0.3 is 0 Å². The molecule has 1 aromatic rings. The van der Waals surface area contributed by atoms with Crippen LogP contribution < -0.4 is 5.73 Å². The highest BCUT2D eigenvalue weighted by molar-refractivity contribution is 5.45. The number of nitrogens with two attached hydrogens (primary N) is 1. The molecule has 3 rings (SSSR count). The lowest BCUT2D eigenvalue weighted by atomic mass is 9.86. The van der Waals surface area contributed by atoms with E-state index in [0.29, 0.717) is 0 Å². The molecule has 0 amide bonds. The van der Waals surface area contributed by atoms with Crippen molar-refractivity contribution in [2.75, 3.05) is 0 Å². The van der Waals surface area contributed by atoms with Crippen LogP contribution in [0, 0.1) is 10.1 Å². The Balaban J connectivity index is 2.01. The summed E-state index contributed by atoms with van der Waals surface area (Å²) in [5.41, 5.74) is 7.47. The summed E-state index contributed by atoms with van der Waals surface area (Å²) in [6.45, 7) is 0. The Labute approximate surface area is 93.6 Å². The maximum absolute atomic E-state index is 10.7. The van der Waals surface area contributed by atoms with Gasteiger partial charge in [-0.2, -0.15) is 0 Å². The van der Waals surface area contributed by atoms with Crippen LogP contribution in [-0.2, 0) is 5.41 Å². The highest BCUT2D eigenvalue weighted by atomic mass is 16.6. The Morgan fingerprint density at radius 1 is 1.25 bits per heavy atom. The molecule has 0 unspecified atom stereocenters. The van der Waals surface area contributed by atoms with Crippen LogP contribution in [-0.4, -0.2) is 10.5 Å². The highest BCUT2D eigenvalue weighted by Gasteiger charge is 2.64. The molecule has 0 bridgehead atoms. The van der Waals surface area contributed by atoms with Crippen molar-refractivity contribution < 1.29 is 4.92 Å². The zero-order valence-electron chi connectivity index (χ0n) is 8.98. The molecule has 0 heterocycles. The third-order valence-electron chi connectivity index (χ3n) is 4.10. The van der Waals surface area contributed by atoms with E-state index < -0.39 is 0 Å². The zero-order chi connectivity index (χ0) is 11.4. The Morgan fingerprint density at radius 2 is 1.94 bits per heavy atom. The minimum absolute atomic E-state index is 0.0407. The molecule has 2 aliphatic rings. The van der Waals surface area contributed by atoms with Gasteiger partial charge in [0.1, 0.15) is 0 Å². The molecule has 0 aromatic heterocycles. The number of nitro benzene ring substituents is 1. The number of nitro groups is 1. The van der Waals surface area contributed by atoms with Gasteiger partial charge in [-0.1, -0.05) is 12.1 Å². The summed E-state index contributed by atoms with van der Waals surface area (Å²) in [5, 5.41) is 10.7. The van der Waals surface area contributed by atoms with Crippen LogP contribution in [0.4, 0.5) is 5.69 Å². The van der Waals surface area contributed by atoms with Crippen LogP contribution in [0.25, 0.3) is 0 Å². The number of nitrogens with zero attached hydrogens (tertiary/aromatic N) is 1. The molecule has 2 aliphatic carbocycles. The van der Waals surface area contributed by atoms with Gasteiger partial charge in [-0.25, -0.2) is 0 Å². The summed E-state index contributed by atoms with van der Waals surface area (Å²) in [6.07, 6.45) is 4.25. The van der Waals surface area contributed by atoms with Gasteiger partial charge < -0.3 is 5.73 Å². The van der Waals surface area contributed by atoms with Gasteiger partial charge in [0.25, 0.3) is 5.69 Å². The van der Waals surface area contributed by atoms with E-state index in [1.807, 2.05) is 6.07 Å². The average molecular weight is 218 g/mol. The maximum Gasteiger partial charge on any atom is 0.269 e. The van der Waals surface area contributed by atoms with Crippen molar-refractivity contribution in [3.05, 3.63) is 39.9 Å². The summed E-state index contributed by atoms with van der Waals surface area (Å²) < 4.78 is 0. The van der Waals surface area contributed by atoms with Crippen LogP contribution in [0.5, 0.6) is 0 Å². The van der Waals surface area contributed by atoms with Gasteiger partial charge in [-0.05, 0) is 31.2 Å². The van der Waals surface area contributed by atoms with E-state index >= 15 is 0 Å². The van der Waals surface area contributed by atoms with E-state index in [0.717, 1.165) is 31.2 Å². The lowest BCUT2D eigenvalue weighted by molar-refractivity contribution is -0.384. The summed E-state index contributed by atoms with van der Waals surface area (Å²) in [4.78, 5) is 10.4. The van der Waals surface area contributed by atoms with Crippen LogP contribution in [0.2, 0.25) is 0 Å². The van der Waals surface area contributed by atoms with Gasteiger partial charge in [0.05, 0.1) is 4.92 Å². The molecule has 2 fully saturated rings. The van der Waals surface area contributed by atoms with Crippen molar-refractivity contribution in [2.24, 2.45) is 5.73 Å². The number of rotatable bonds is 3. The molecule has 0 radical (unpaired) electrons. The summed E-state index contributed by atoms with van der Waals surface area (Å²) in [6, 6.07) is 6.97. The first-order valence-corrected chi connectivity index (χ1v) is 5.61.